The Morgan fingerprint density at radius 3 is 2.89 bits per heavy atom. The highest BCUT2D eigenvalue weighted by atomic mass is 35.5. The third-order valence-corrected chi connectivity index (χ3v) is 6.62. The van der Waals surface area contributed by atoms with Crippen molar-refractivity contribution in [1.82, 2.24) is 19.4 Å². The molecule has 3 heterocycles. The lowest BCUT2D eigenvalue weighted by molar-refractivity contribution is 0.0623. The molecule has 1 amide bonds. The number of carbonyl (C=O) groups excluding carboxylic acids is 1. The summed E-state index contributed by atoms with van der Waals surface area (Å²) in [5.41, 5.74) is 2.23. The fourth-order valence-corrected chi connectivity index (χ4v) is 5.07. The summed E-state index contributed by atoms with van der Waals surface area (Å²) in [7, 11) is 1.84. The number of amides is 1. The van der Waals surface area contributed by atoms with Crippen LogP contribution in [0.3, 0.4) is 0 Å². The van der Waals surface area contributed by atoms with Gasteiger partial charge in [-0.05, 0) is 44.6 Å². The normalized spacial score (nSPS) is 24.4. The largest absolute Gasteiger partial charge is 0.345 e. The number of nitrogens with zero attached hydrogens (tertiary/aromatic N) is 3. The van der Waals surface area contributed by atoms with Gasteiger partial charge in [0.2, 0.25) is 0 Å². The summed E-state index contributed by atoms with van der Waals surface area (Å²) in [5.74, 6) is 1.26. The fourth-order valence-electron chi connectivity index (χ4n) is 4.82. The number of fused-ring (bicyclic) bond motifs is 2. The molecule has 2 fully saturated rings. The molecule has 0 bridgehead atoms. The van der Waals surface area contributed by atoms with E-state index in [1.807, 2.05) is 11.9 Å². The number of hydrogen-bond acceptors (Lipinski definition) is 3. The first kappa shape index (κ1) is 17.0. The topological polar surface area (TPSA) is 71.0 Å². The number of likely N-dealkylation sites (tertiary alicyclic amines) is 1. The molecule has 27 heavy (non-hydrogen) atoms. The highest BCUT2D eigenvalue weighted by Gasteiger charge is 2.46. The van der Waals surface area contributed by atoms with Crippen LogP contribution in [-0.4, -0.2) is 38.4 Å². The summed E-state index contributed by atoms with van der Waals surface area (Å²) in [6.45, 7) is 1.36. The van der Waals surface area contributed by atoms with Gasteiger partial charge < -0.3 is 14.5 Å². The van der Waals surface area contributed by atoms with Gasteiger partial charge in [0.1, 0.15) is 11.5 Å². The Morgan fingerprint density at radius 2 is 2.19 bits per heavy atom. The van der Waals surface area contributed by atoms with E-state index in [2.05, 4.69) is 4.98 Å². The fraction of sp³-hybridized carbons (Fsp3) is 0.550. The van der Waals surface area contributed by atoms with Crippen molar-refractivity contribution in [3.8, 4) is 0 Å². The van der Waals surface area contributed by atoms with E-state index in [1.165, 1.54) is 0 Å². The zero-order valence-electron chi connectivity index (χ0n) is 15.4. The number of piperidine rings is 1. The van der Waals surface area contributed by atoms with Crippen LogP contribution in [0.4, 0.5) is 0 Å². The molecule has 6 nitrogen and oxygen atoms in total. The summed E-state index contributed by atoms with van der Waals surface area (Å²) in [6.07, 6.45) is 7.52. The number of H-pyrrole nitrogens is 1. The molecular weight excluding hydrogens is 364 g/mol. The number of halogens is 1. The number of nitrogens with one attached hydrogen (secondary N) is 1. The zero-order chi connectivity index (χ0) is 18.8. The second kappa shape index (κ2) is 5.96. The Morgan fingerprint density at radius 1 is 1.37 bits per heavy atom. The lowest BCUT2D eigenvalue weighted by Gasteiger charge is -2.40. The highest BCUT2D eigenvalue weighted by Crippen LogP contribution is 2.45. The Bertz CT molecular complexity index is 990. The van der Waals surface area contributed by atoms with Crippen molar-refractivity contribution >= 4 is 17.5 Å². The van der Waals surface area contributed by atoms with E-state index in [0.717, 1.165) is 62.2 Å². The highest BCUT2D eigenvalue weighted by molar-refractivity contribution is 6.31. The average Bonchev–Trinajstić information content (AvgIpc) is 3.37. The first-order chi connectivity index (χ1) is 13.0. The van der Waals surface area contributed by atoms with E-state index >= 15 is 0 Å². The van der Waals surface area contributed by atoms with Gasteiger partial charge in [-0.15, -0.1) is 0 Å². The Kier molecular flexibility index (Phi) is 3.76. The molecule has 1 saturated heterocycles. The van der Waals surface area contributed by atoms with Crippen LogP contribution in [0.5, 0.6) is 0 Å². The number of rotatable bonds is 2. The molecule has 2 aliphatic carbocycles. The molecule has 142 valence electrons. The summed E-state index contributed by atoms with van der Waals surface area (Å²) in [5, 5.41) is 0.570. The van der Waals surface area contributed by atoms with Crippen LogP contribution in [0.15, 0.2) is 17.1 Å². The summed E-state index contributed by atoms with van der Waals surface area (Å²) < 4.78 is 1.78. The number of aromatic amines is 1. The van der Waals surface area contributed by atoms with Crippen molar-refractivity contribution in [3.05, 3.63) is 50.4 Å². The van der Waals surface area contributed by atoms with Gasteiger partial charge in [-0.3, -0.25) is 9.59 Å². The maximum Gasteiger partial charge on any atom is 0.270 e. The van der Waals surface area contributed by atoms with Crippen molar-refractivity contribution in [1.29, 1.82) is 0 Å². The number of carbonyl (C=O) groups is 1. The Balaban J connectivity index is 1.49. The van der Waals surface area contributed by atoms with Crippen molar-refractivity contribution in [2.75, 3.05) is 13.1 Å². The van der Waals surface area contributed by atoms with Crippen LogP contribution >= 0.6 is 11.6 Å². The predicted octanol–water partition coefficient (Wildman–Crippen LogP) is 2.76. The molecule has 0 radical (unpaired) electrons. The van der Waals surface area contributed by atoms with Crippen LogP contribution in [0, 0.1) is 0 Å². The van der Waals surface area contributed by atoms with Crippen LogP contribution in [0.2, 0.25) is 5.02 Å². The summed E-state index contributed by atoms with van der Waals surface area (Å²) in [4.78, 5) is 35.5. The molecule has 2 aromatic heterocycles. The molecule has 7 heteroatoms. The van der Waals surface area contributed by atoms with Gasteiger partial charge in [0.05, 0.1) is 10.7 Å². The monoisotopic (exact) mass is 386 g/mol. The van der Waals surface area contributed by atoms with Crippen molar-refractivity contribution in [3.63, 3.8) is 0 Å². The smallest absolute Gasteiger partial charge is 0.270 e. The van der Waals surface area contributed by atoms with E-state index in [9.17, 15) is 9.59 Å². The number of hydrogen-bond donors (Lipinski definition) is 1. The molecule has 0 aromatic carbocycles. The molecule has 1 spiro atoms. The molecule has 1 unspecified atom stereocenters. The lowest BCUT2D eigenvalue weighted by Crippen LogP contribution is -2.48. The van der Waals surface area contributed by atoms with Crippen LogP contribution < -0.4 is 5.56 Å². The number of aromatic nitrogens is 3. The SMILES string of the molecule is Cn1cc(Cl)cc1C(=O)N1CCCC2(CCc3c2nc(C2CC2)[nH]c3=O)C1. The molecule has 1 atom stereocenters. The number of aryl methyl sites for hydroxylation is 1. The Labute approximate surface area is 162 Å². The molecule has 5 rings (SSSR count). The van der Waals surface area contributed by atoms with Gasteiger partial charge in [0.15, 0.2) is 0 Å². The third-order valence-electron chi connectivity index (χ3n) is 6.41. The summed E-state index contributed by atoms with van der Waals surface area (Å²) in [6, 6.07) is 1.72. The second-order valence-corrected chi connectivity index (χ2v) is 8.75. The molecule has 1 N–H and O–H groups in total. The zero-order valence-corrected chi connectivity index (χ0v) is 16.2. The van der Waals surface area contributed by atoms with Gasteiger partial charge in [0, 0.05) is 43.2 Å². The molecule has 1 saturated carbocycles. The van der Waals surface area contributed by atoms with Crippen molar-refractivity contribution in [2.45, 2.75) is 49.9 Å². The van der Waals surface area contributed by atoms with Crippen LogP contribution in [0.25, 0.3) is 0 Å². The maximum absolute atomic E-state index is 13.1. The minimum absolute atomic E-state index is 0.00387. The predicted molar refractivity (Wildman–Crippen MR) is 102 cm³/mol. The van der Waals surface area contributed by atoms with E-state index in [1.54, 1.807) is 16.8 Å². The van der Waals surface area contributed by atoms with Gasteiger partial charge in [-0.1, -0.05) is 11.6 Å². The van der Waals surface area contributed by atoms with Crippen LogP contribution in [0.1, 0.15) is 65.6 Å². The maximum atomic E-state index is 13.1. The van der Waals surface area contributed by atoms with Gasteiger partial charge in [-0.2, -0.15) is 0 Å². The van der Waals surface area contributed by atoms with Crippen molar-refractivity contribution < 1.29 is 4.79 Å². The van der Waals surface area contributed by atoms with Gasteiger partial charge >= 0.3 is 0 Å². The van der Waals surface area contributed by atoms with E-state index < -0.39 is 0 Å². The minimum Gasteiger partial charge on any atom is -0.345 e. The quantitative estimate of drug-likeness (QED) is 0.862. The molecule has 3 aliphatic rings. The lowest BCUT2D eigenvalue weighted by atomic mass is 9.77. The summed E-state index contributed by atoms with van der Waals surface area (Å²) >= 11 is 6.07. The van der Waals surface area contributed by atoms with Gasteiger partial charge in [0.25, 0.3) is 11.5 Å². The van der Waals surface area contributed by atoms with Gasteiger partial charge in [-0.25, -0.2) is 4.98 Å². The third kappa shape index (κ3) is 2.73. The molecular formula is C20H23ClN4O2. The van der Waals surface area contributed by atoms with Crippen molar-refractivity contribution in [2.24, 2.45) is 7.05 Å². The minimum atomic E-state index is -0.184. The van der Waals surface area contributed by atoms with E-state index in [-0.39, 0.29) is 16.9 Å². The first-order valence-electron chi connectivity index (χ1n) is 9.71. The average molecular weight is 387 g/mol. The standard InChI is InChI=1S/C20H23ClN4O2/c1-24-10-13(21)9-15(24)19(27)25-8-2-6-20(11-25)7-5-14-16(20)22-17(12-3-4-12)23-18(14)26/h9-10,12H,2-8,11H2,1H3,(H,22,23,26). The van der Waals surface area contributed by atoms with E-state index in [0.29, 0.717) is 23.2 Å². The second-order valence-electron chi connectivity index (χ2n) is 8.32. The Hall–Kier alpha value is -2.08. The van der Waals surface area contributed by atoms with E-state index in [4.69, 9.17) is 16.6 Å². The molecule has 2 aromatic rings. The molecule has 1 aliphatic heterocycles. The van der Waals surface area contributed by atoms with Crippen LogP contribution in [-0.2, 0) is 18.9 Å². The first-order valence-corrected chi connectivity index (χ1v) is 10.1.